The van der Waals surface area contributed by atoms with Crippen molar-refractivity contribution in [2.45, 2.75) is 74.5 Å². The minimum absolute atomic E-state index is 0.110. The number of carboxylic acids is 1. The molecule has 1 heterocycles. The molecule has 6 aromatic rings. The van der Waals surface area contributed by atoms with Gasteiger partial charge in [0.15, 0.2) is 17.3 Å². The highest BCUT2D eigenvalue weighted by molar-refractivity contribution is 7.99. The van der Waals surface area contributed by atoms with Gasteiger partial charge in [0.1, 0.15) is 29.9 Å². The Balaban J connectivity index is 0.000000448. The number of ether oxygens (including phenoxy) is 1. The summed E-state index contributed by atoms with van der Waals surface area (Å²) in [4.78, 5) is 56.9. The first-order chi connectivity index (χ1) is 33.9. The van der Waals surface area contributed by atoms with Crippen LogP contribution in [-0.4, -0.2) is 66.0 Å². The van der Waals surface area contributed by atoms with Gasteiger partial charge in [0.25, 0.3) is 0 Å². The highest BCUT2D eigenvalue weighted by Gasteiger charge is 2.27. The molecule has 0 atom stereocenters. The summed E-state index contributed by atoms with van der Waals surface area (Å²) in [6.07, 6.45) is 7.33. The fourth-order valence-electron chi connectivity index (χ4n) is 5.81. The van der Waals surface area contributed by atoms with Crippen LogP contribution in [0, 0.1) is 23.3 Å². The molecule has 7 nitrogen and oxygen atoms in total. The first kappa shape index (κ1) is 63.1. The maximum Gasteiger partial charge on any atom is 0.339 e. The number of hydrogen-bond donors (Lipinski definition) is 1. The Hall–Kier alpha value is -5.87. The zero-order chi connectivity index (χ0) is 53.6. The summed E-state index contributed by atoms with van der Waals surface area (Å²) < 4.78 is 58.2. The van der Waals surface area contributed by atoms with Crippen LogP contribution in [0.25, 0.3) is 11.1 Å². The monoisotopic (exact) mass is 1050 g/mol. The number of hydrogen-bond acceptors (Lipinski definition) is 10. The molecule has 378 valence electrons. The SMILES string of the molecule is CC.CC.CSc1ccc(C(C)=O)cc1F.CSc1ccc(C(C)=O)cc1F.CSc1ccc(C(C)=O)cc1F.CSc1ccc(C2=C(c3ccccc3)C(=O)OC2)cc1F.O=C(O)Cc1ccccc1. The molecule has 0 spiro atoms. The lowest BCUT2D eigenvalue weighted by molar-refractivity contribution is -0.136. The van der Waals surface area contributed by atoms with Gasteiger partial charge in [-0.25, -0.2) is 22.4 Å². The smallest absolute Gasteiger partial charge is 0.339 e. The summed E-state index contributed by atoms with van der Waals surface area (Å²) >= 11 is 5.34. The Morgan fingerprint density at radius 2 is 0.831 bits per heavy atom. The molecule has 0 radical (unpaired) electrons. The lowest BCUT2D eigenvalue weighted by atomic mass is 9.97. The van der Waals surface area contributed by atoms with Crippen LogP contribution in [0.1, 0.15) is 96.2 Å². The van der Waals surface area contributed by atoms with E-state index in [1.807, 2.05) is 88.5 Å². The van der Waals surface area contributed by atoms with E-state index in [0.717, 1.165) is 16.7 Å². The van der Waals surface area contributed by atoms with Gasteiger partial charge in [0, 0.05) is 41.8 Å². The molecule has 1 aliphatic heterocycles. The van der Waals surface area contributed by atoms with Crippen LogP contribution in [-0.2, 0) is 20.7 Å². The number of cyclic esters (lactones) is 1. The molecule has 6 aromatic carbocycles. The zero-order valence-electron chi connectivity index (χ0n) is 41.7. The Morgan fingerprint density at radius 3 is 1.14 bits per heavy atom. The standard InChI is InChI=1S/C17H13FO2S.3C9H9FOS.C8H8O2.2C2H6/c1-21-15-8-7-12(9-14(15)18)13-10-20-17(19)16(13)11-5-3-2-4-6-11;3*1-6(11)7-3-4-9(12-2)8(10)5-7;9-8(10)6-7-4-2-1-3-5-7;2*1-2/h2-9H,10H2,1H3;3*3-5H,1-2H3;1-5H,6H2,(H,9,10);2*1-2H3. The van der Waals surface area contributed by atoms with Gasteiger partial charge in [-0.05, 0) is 111 Å². The van der Waals surface area contributed by atoms with Crippen molar-refractivity contribution in [2.75, 3.05) is 31.6 Å². The quantitative estimate of drug-likeness (QED) is 0.0579. The molecule has 15 heteroatoms. The fourth-order valence-corrected chi connectivity index (χ4v) is 7.64. The van der Waals surface area contributed by atoms with E-state index < -0.39 is 5.97 Å². The number of esters is 1. The zero-order valence-corrected chi connectivity index (χ0v) is 44.9. The molecular weight excluding hydrogens is 989 g/mol. The predicted molar refractivity (Wildman–Crippen MR) is 287 cm³/mol. The van der Waals surface area contributed by atoms with Gasteiger partial charge in [0.05, 0.1) is 12.0 Å². The molecule has 1 aliphatic rings. The van der Waals surface area contributed by atoms with E-state index in [9.17, 15) is 41.5 Å². The molecule has 0 aromatic heterocycles. The van der Waals surface area contributed by atoms with Crippen LogP contribution >= 0.6 is 47.0 Å². The molecule has 71 heavy (non-hydrogen) atoms. The summed E-state index contributed by atoms with van der Waals surface area (Å²) in [7, 11) is 0. The summed E-state index contributed by atoms with van der Waals surface area (Å²) in [5.41, 5.74) is 4.85. The number of Topliss-reactive ketones (excluding diaryl/α,β-unsaturated/α-hetero) is 3. The predicted octanol–water partition coefficient (Wildman–Crippen LogP) is 15.6. The molecule has 0 saturated carbocycles. The molecule has 1 N–H and O–H groups in total. The number of halogens is 4. The lowest BCUT2D eigenvalue weighted by Crippen LogP contribution is -1.98. The van der Waals surface area contributed by atoms with Crippen molar-refractivity contribution in [1.82, 2.24) is 0 Å². The van der Waals surface area contributed by atoms with Crippen molar-refractivity contribution in [3.63, 3.8) is 0 Å². The van der Waals surface area contributed by atoms with Gasteiger partial charge < -0.3 is 9.84 Å². The highest BCUT2D eigenvalue weighted by atomic mass is 32.2. The molecule has 0 bridgehead atoms. The maximum absolute atomic E-state index is 14.0. The van der Waals surface area contributed by atoms with Crippen molar-refractivity contribution < 1.29 is 51.4 Å². The van der Waals surface area contributed by atoms with E-state index in [1.165, 1.54) is 92.1 Å². The summed E-state index contributed by atoms with van der Waals surface area (Å²) in [6, 6.07) is 37.1. The Morgan fingerprint density at radius 1 is 0.493 bits per heavy atom. The second kappa shape index (κ2) is 34.5. The van der Waals surface area contributed by atoms with Gasteiger partial charge >= 0.3 is 11.9 Å². The summed E-state index contributed by atoms with van der Waals surface area (Å²) in [6.45, 7) is 12.5. The van der Waals surface area contributed by atoms with Gasteiger partial charge in [-0.2, -0.15) is 0 Å². The third kappa shape index (κ3) is 21.6. The van der Waals surface area contributed by atoms with Crippen molar-refractivity contribution in [1.29, 1.82) is 0 Å². The van der Waals surface area contributed by atoms with Crippen molar-refractivity contribution in [2.24, 2.45) is 0 Å². The number of thioether (sulfide) groups is 4. The van der Waals surface area contributed by atoms with Crippen molar-refractivity contribution in [3.05, 3.63) is 190 Å². The normalized spacial score (nSPS) is 10.8. The summed E-state index contributed by atoms with van der Waals surface area (Å²) in [5.74, 6) is -2.72. The van der Waals surface area contributed by atoms with Crippen LogP contribution in [0.15, 0.2) is 153 Å². The number of carboxylic acid groups (broad SMARTS) is 1. The van der Waals surface area contributed by atoms with E-state index in [-0.39, 0.29) is 59.6 Å². The van der Waals surface area contributed by atoms with Gasteiger partial charge in [-0.3, -0.25) is 19.2 Å². The third-order valence-electron chi connectivity index (χ3n) is 9.29. The topological polar surface area (TPSA) is 115 Å². The van der Waals surface area contributed by atoms with E-state index in [2.05, 4.69) is 0 Å². The average molecular weight is 1050 g/mol. The van der Waals surface area contributed by atoms with Gasteiger partial charge in [-0.1, -0.05) is 113 Å². The minimum atomic E-state index is -0.786. The number of benzene rings is 6. The number of carbonyl (C=O) groups excluding carboxylic acids is 4. The highest BCUT2D eigenvalue weighted by Crippen LogP contribution is 2.34. The number of rotatable bonds is 11. The average Bonchev–Trinajstić information content (AvgIpc) is 3.77. The second-order valence-corrected chi connectivity index (χ2v) is 17.3. The van der Waals surface area contributed by atoms with E-state index in [4.69, 9.17) is 9.84 Å². The van der Waals surface area contributed by atoms with Crippen molar-refractivity contribution >= 4 is 87.5 Å². The fraction of sp³-hybridized carbons (Fsp3) is 0.232. The van der Waals surface area contributed by atoms with E-state index >= 15 is 0 Å². The van der Waals surface area contributed by atoms with Crippen molar-refractivity contribution in [3.8, 4) is 0 Å². The molecule has 0 unspecified atom stereocenters. The molecule has 7 rings (SSSR count). The molecule has 0 saturated heterocycles. The van der Waals surface area contributed by atoms with Crippen LogP contribution in [0.5, 0.6) is 0 Å². The summed E-state index contributed by atoms with van der Waals surface area (Å²) in [5, 5.41) is 8.37. The Bertz CT molecular complexity index is 2550. The number of aliphatic carboxylic acids is 1. The van der Waals surface area contributed by atoms with Gasteiger partial charge in [-0.15, -0.1) is 47.0 Å². The number of ketones is 3. The Labute approximate surface area is 432 Å². The minimum Gasteiger partial charge on any atom is -0.481 e. The third-order valence-corrected chi connectivity index (χ3v) is 12.4. The van der Waals surface area contributed by atoms with E-state index in [1.54, 1.807) is 73.4 Å². The molecule has 0 fully saturated rings. The molecular formula is C56H60F4O7S4. The number of carbonyl (C=O) groups is 5. The van der Waals surface area contributed by atoms with Crippen LogP contribution < -0.4 is 0 Å². The first-order valence-electron chi connectivity index (χ1n) is 22.0. The first-order valence-corrected chi connectivity index (χ1v) is 26.9. The van der Waals surface area contributed by atoms with Crippen LogP contribution in [0.2, 0.25) is 0 Å². The molecule has 0 amide bonds. The Kier molecular flexibility index (Phi) is 30.6. The molecule has 0 aliphatic carbocycles. The van der Waals surface area contributed by atoms with E-state index in [0.29, 0.717) is 47.4 Å². The van der Waals surface area contributed by atoms with Crippen LogP contribution in [0.3, 0.4) is 0 Å². The van der Waals surface area contributed by atoms with Crippen LogP contribution in [0.4, 0.5) is 17.6 Å². The van der Waals surface area contributed by atoms with Gasteiger partial charge in [0.2, 0.25) is 0 Å². The second-order valence-electron chi connectivity index (χ2n) is 13.9. The maximum atomic E-state index is 14.0. The largest absolute Gasteiger partial charge is 0.481 e. The lowest BCUT2D eigenvalue weighted by Gasteiger charge is -2.06.